The third kappa shape index (κ3) is 3.26. The molecule has 4 N–H and O–H groups in total. The molecule has 0 saturated carbocycles. The summed E-state index contributed by atoms with van der Waals surface area (Å²) in [7, 11) is 1.55. The molecular weight excluding hydrogens is 460 g/mol. The number of fused-ring (bicyclic) bond motifs is 4. The van der Waals surface area contributed by atoms with Gasteiger partial charge in [-0.25, -0.2) is 0 Å². The number of amides is 4. The zero-order chi connectivity index (χ0) is 24.2. The number of primary amides is 1. The predicted molar refractivity (Wildman–Crippen MR) is 123 cm³/mol. The molecule has 176 valence electrons. The third-order valence-electron chi connectivity index (χ3n) is 6.97. The van der Waals surface area contributed by atoms with Crippen molar-refractivity contribution in [2.24, 2.45) is 17.6 Å². The molecule has 3 aliphatic rings. The average Bonchev–Trinajstić information content (AvgIpc) is 3.39. The molecule has 1 spiro atoms. The van der Waals surface area contributed by atoms with Crippen LogP contribution in [0.3, 0.4) is 0 Å². The minimum atomic E-state index is -1.46. The normalized spacial score (nSPS) is 27.2. The lowest BCUT2D eigenvalue weighted by atomic mass is 9.76. The first-order valence-corrected chi connectivity index (χ1v) is 11.3. The fraction of sp³-hybridized carbons (Fsp3) is 0.333. The molecule has 5 rings (SSSR count). The van der Waals surface area contributed by atoms with E-state index in [0.29, 0.717) is 22.0 Å². The van der Waals surface area contributed by atoms with Crippen LogP contribution >= 0.6 is 11.6 Å². The van der Waals surface area contributed by atoms with Gasteiger partial charge in [0.15, 0.2) is 0 Å². The Hall–Kier alpha value is -3.43. The Morgan fingerprint density at radius 1 is 1.15 bits per heavy atom. The van der Waals surface area contributed by atoms with Crippen molar-refractivity contribution < 1.29 is 23.9 Å². The third-order valence-corrected chi connectivity index (χ3v) is 7.20. The van der Waals surface area contributed by atoms with Crippen molar-refractivity contribution >= 4 is 40.9 Å². The van der Waals surface area contributed by atoms with Gasteiger partial charge in [0.2, 0.25) is 23.6 Å². The highest BCUT2D eigenvalue weighted by Gasteiger charge is 2.70. The van der Waals surface area contributed by atoms with Crippen LogP contribution in [0.15, 0.2) is 42.5 Å². The Balaban J connectivity index is 1.56. The second kappa shape index (κ2) is 8.11. The Bertz CT molecular complexity index is 1220. The summed E-state index contributed by atoms with van der Waals surface area (Å²) in [6, 6.07) is 11.4. The van der Waals surface area contributed by atoms with Crippen LogP contribution < -0.4 is 21.1 Å². The van der Waals surface area contributed by atoms with Gasteiger partial charge in [-0.05, 0) is 42.3 Å². The van der Waals surface area contributed by atoms with Crippen molar-refractivity contribution in [2.45, 2.75) is 31.0 Å². The summed E-state index contributed by atoms with van der Waals surface area (Å²) in [6.07, 6.45) is 0.234. The Morgan fingerprint density at radius 2 is 1.88 bits per heavy atom. The molecule has 0 bridgehead atoms. The minimum absolute atomic E-state index is 0.0148. The number of benzene rings is 2. The SMILES string of the molecule is COc1ccc(CN2C(=O)[C@H]3[C@H](CCC(N)=O)N[C@]4(C(=O)Nc5ccc(Cl)cc54)[C@H]3C2=O)cc1. The van der Waals surface area contributed by atoms with Crippen molar-refractivity contribution in [3.63, 3.8) is 0 Å². The molecule has 4 amide bonds. The van der Waals surface area contributed by atoms with E-state index in [1.807, 2.05) is 0 Å². The molecule has 2 fully saturated rings. The number of rotatable bonds is 6. The average molecular weight is 483 g/mol. The Morgan fingerprint density at radius 3 is 2.56 bits per heavy atom. The molecule has 0 unspecified atom stereocenters. The van der Waals surface area contributed by atoms with E-state index in [0.717, 1.165) is 5.56 Å². The minimum Gasteiger partial charge on any atom is -0.497 e. The molecule has 34 heavy (non-hydrogen) atoms. The smallest absolute Gasteiger partial charge is 0.250 e. The molecule has 0 aliphatic carbocycles. The first-order chi connectivity index (χ1) is 16.3. The Kier molecular flexibility index (Phi) is 5.33. The molecule has 9 nitrogen and oxygen atoms in total. The second-order valence-corrected chi connectivity index (χ2v) is 9.26. The fourth-order valence-electron chi connectivity index (χ4n) is 5.45. The summed E-state index contributed by atoms with van der Waals surface area (Å²) in [4.78, 5) is 53.4. The van der Waals surface area contributed by atoms with Crippen molar-refractivity contribution in [3.05, 3.63) is 58.6 Å². The highest BCUT2D eigenvalue weighted by molar-refractivity contribution is 6.31. The van der Waals surface area contributed by atoms with Crippen LogP contribution in [0, 0.1) is 11.8 Å². The molecule has 2 aromatic rings. The second-order valence-electron chi connectivity index (χ2n) is 8.82. The number of ether oxygens (including phenoxy) is 1. The van der Waals surface area contributed by atoms with E-state index in [1.165, 1.54) is 4.90 Å². The lowest BCUT2D eigenvalue weighted by molar-refractivity contribution is -0.143. The maximum absolute atomic E-state index is 13.7. The molecule has 10 heteroatoms. The van der Waals surface area contributed by atoms with Gasteiger partial charge in [-0.15, -0.1) is 0 Å². The number of anilines is 1. The largest absolute Gasteiger partial charge is 0.497 e. The Labute approximate surface area is 200 Å². The summed E-state index contributed by atoms with van der Waals surface area (Å²) in [5, 5.41) is 6.48. The molecule has 3 heterocycles. The van der Waals surface area contributed by atoms with Crippen LogP contribution in [0.2, 0.25) is 5.02 Å². The monoisotopic (exact) mass is 482 g/mol. The van der Waals surface area contributed by atoms with Crippen LogP contribution in [0.5, 0.6) is 5.75 Å². The number of hydrogen-bond acceptors (Lipinski definition) is 6. The van der Waals surface area contributed by atoms with Crippen LogP contribution in [-0.4, -0.2) is 41.7 Å². The van der Waals surface area contributed by atoms with Crippen molar-refractivity contribution in [3.8, 4) is 5.75 Å². The number of nitrogens with one attached hydrogen (secondary N) is 2. The first kappa shape index (κ1) is 22.4. The molecular formula is C24H23ClN4O5. The van der Waals surface area contributed by atoms with E-state index in [9.17, 15) is 19.2 Å². The summed E-state index contributed by atoms with van der Waals surface area (Å²) in [5.74, 6) is -2.91. The van der Waals surface area contributed by atoms with Gasteiger partial charge in [0.1, 0.15) is 11.3 Å². The molecule has 0 aromatic heterocycles. The number of methoxy groups -OCH3 is 1. The molecule has 0 radical (unpaired) electrons. The summed E-state index contributed by atoms with van der Waals surface area (Å²) >= 11 is 6.24. The number of nitrogens with two attached hydrogens (primary N) is 1. The van der Waals surface area contributed by atoms with E-state index in [4.69, 9.17) is 22.1 Å². The van der Waals surface area contributed by atoms with Crippen LogP contribution in [0.25, 0.3) is 0 Å². The summed E-state index contributed by atoms with van der Waals surface area (Å²) < 4.78 is 5.17. The van der Waals surface area contributed by atoms with Gasteiger partial charge in [-0.1, -0.05) is 23.7 Å². The van der Waals surface area contributed by atoms with E-state index >= 15 is 0 Å². The number of hydrogen-bond donors (Lipinski definition) is 3. The lowest BCUT2D eigenvalue weighted by Crippen LogP contribution is -2.53. The highest BCUT2D eigenvalue weighted by Crippen LogP contribution is 2.54. The number of carbonyl (C=O) groups is 4. The van der Waals surface area contributed by atoms with Crippen molar-refractivity contribution in [1.82, 2.24) is 10.2 Å². The molecule has 2 saturated heterocycles. The zero-order valence-electron chi connectivity index (χ0n) is 18.3. The van der Waals surface area contributed by atoms with Gasteiger partial charge in [0.25, 0.3) is 0 Å². The molecule has 2 aromatic carbocycles. The number of nitrogens with zero attached hydrogens (tertiary/aromatic N) is 1. The first-order valence-electron chi connectivity index (χ1n) is 10.9. The van der Waals surface area contributed by atoms with Gasteiger partial charge in [-0.3, -0.25) is 29.4 Å². The van der Waals surface area contributed by atoms with Crippen molar-refractivity contribution in [1.29, 1.82) is 0 Å². The van der Waals surface area contributed by atoms with E-state index in [-0.39, 0.29) is 25.3 Å². The fourth-order valence-corrected chi connectivity index (χ4v) is 5.62. The zero-order valence-corrected chi connectivity index (χ0v) is 19.1. The van der Waals surface area contributed by atoms with Crippen LogP contribution in [0.4, 0.5) is 5.69 Å². The van der Waals surface area contributed by atoms with Gasteiger partial charge in [0, 0.05) is 28.7 Å². The quantitative estimate of drug-likeness (QED) is 0.535. The van der Waals surface area contributed by atoms with Gasteiger partial charge in [0.05, 0.1) is 25.5 Å². The van der Waals surface area contributed by atoms with Crippen molar-refractivity contribution in [2.75, 3.05) is 12.4 Å². The standard InChI is InChI=1S/C24H23ClN4O5/c1-34-14-5-2-12(3-6-14)11-29-21(31)19-17(8-9-18(26)30)28-24(20(19)22(29)32)15-10-13(25)4-7-16(15)27-23(24)33/h2-7,10,17,19-20,28H,8-9,11H2,1H3,(H2,26,30)(H,27,33)/t17-,19-,20+,24-/m0/s1. The lowest BCUT2D eigenvalue weighted by Gasteiger charge is -2.29. The van der Waals surface area contributed by atoms with Gasteiger partial charge >= 0.3 is 0 Å². The predicted octanol–water partition coefficient (Wildman–Crippen LogP) is 1.53. The van der Waals surface area contributed by atoms with E-state index < -0.39 is 41.1 Å². The number of imide groups is 1. The van der Waals surface area contributed by atoms with Gasteiger partial charge < -0.3 is 15.8 Å². The van der Waals surface area contributed by atoms with Crippen LogP contribution in [0.1, 0.15) is 24.0 Å². The van der Waals surface area contributed by atoms with E-state index in [2.05, 4.69) is 10.6 Å². The summed E-state index contributed by atoms with van der Waals surface area (Å²) in [6.45, 7) is 0.0668. The summed E-state index contributed by atoms with van der Waals surface area (Å²) in [5.41, 5.74) is 5.69. The maximum Gasteiger partial charge on any atom is 0.250 e. The number of likely N-dealkylation sites (tertiary alicyclic amines) is 1. The number of carbonyl (C=O) groups excluding carboxylic acids is 4. The molecule has 3 aliphatic heterocycles. The maximum atomic E-state index is 13.7. The number of halogens is 1. The topological polar surface area (TPSA) is 131 Å². The van der Waals surface area contributed by atoms with E-state index in [1.54, 1.807) is 49.6 Å². The van der Waals surface area contributed by atoms with Gasteiger partial charge in [-0.2, -0.15) is 0 Å². The molecule has 4 atom stereocenters. The van der Waals surface area contributed by atoms with Crippen LogP contribution in [-0.2, 0) is 31.3 Å². The highest BCUT2D eigenvalue weighted by atomic mass is 35.5.